The minimum Gasteiger partial charge on any atom is -0.480 e. The molecule has 4 nitrogen and oxygen atoms in total. The number of amides is 1. The second kappa shape index (κ2) is 5.52. The number of hydrogen-bond donors (Lipinski definition) is 2. The van der Waals surface area contributed by atoms with Gasteiger partial charge in [0.05, 0.1) is 0 Å². The summed E-state index contributed by atoms with van der Waals surface area (Å²) in [6.07, 6.45) is 3.76. The maximum Gasteiger partial charge on any atom is 0.329 e. The molecule has 0 bridgehead atoms. The van der Waals surface area contributed by atoms with Crippen molar-refractivity contribution in [2.45, 2.75) is 58.4 Å². The molecular weight excluding hydrogens is 218 g/mol. The Bertz CT molecular complexity index is 295. The molecule has 1 rings (SSSR count). The van der Waals surface area contributed by atoms with Crippen molar-refractivity contribution >= 4 is 11.9 Å². The van der Waals surface area contributed by atoms with Crippen LogP contribution in [-0.2, 0) is 9.59 Å². The first-order chi connectivity index (χ1) is 7.93. The molecule has 2 N–H and O–H groups in total. The Morgan fingerprint density at radius 1 is 1.35 bits per heavy atom. The van der Waals surface area contributed by atoms with Gasteiger partial charge in [-0.05, 0) is 31.6 Å². The van der Waals surface area contributed by atoms with Crippen LogP contribution in [0.25, 0.3) is 0 Å². The zero-order chi connectivity index (χ0) is 13.1. The van der Waals surface area contributed by atoms with Crippen molar-refractivity contribution in [3.63, 3.8) is 0 Å². The number of aliphatic carboxylic acids is 1. The highest BCUT2D eigenvalue weighted by Crippen LogP contribution is 2.33. The van der Waals surface area contributed by atoms with Crippen LogP contribution < -0.4 is 5.32 Å². The van der Waals surface area contributed by atoms with Gasteiger partial charge in [-0.15, -0.1) is 0 Å². The molecule has 0 aromatic rings. The van der Waals surface area contributed by atoms with Crippen LogP contribution in [0.1, 0.15) is 52.9 Å². The average Bonchev–Trinajstić information content (AvgIpc) is 2.18. The monoisotopic (exact) mass is 241 g/mol. The number of nitrogens with one attached hydrogen (secondary N) is 1. The van der Waals surface area contributed by atoms with E-state index in [0.29, 0.717) is 12.8 Å². The summed E-state index contributed by atoms with van der Waals surface area (Å²) in [5, 5.41) is 11.9. The lowest BCUT2D eigenvalue weighted by molar-refractivity contribution is -0.152. The lowest BCUT2D eigenvalue weighted by Gasteiger charge is -2.39. The van der Waals surface area contributed by atoms with Crippen molar-refractivity contribution in [3.8, 4) is 0 Å². The fourth-order valence-electron chi connectivity index (χ4n) is 2.33. The van der Waals surface area contributed by atoms with Gasteiger partial charge in [-0.25, -0.2) is 4.79 Å². The summed E-state index contributed by atoms with van der Waals surface area (Å²) >= 11 is 0. The summed E-state index contributed by atoms with van der Waals surface area (Å²) in [6.45, 7) is 6.06. The number of hydrogen-bond acceptors (Lipinski definition) is 2. The van der Waals surface area contributed by atoms with Crippen LogP contribution >= 0.6 is 0 Å². The van der Waals surface area contributed by atoms with Gasteiger partial charge in [0.1, 0.15) is 5.54 Å². The smallest absolute Gasteiger partial charge is 0.329 e. The quantitative estimate of drug-likeness (QED) is 0.749. The van der Waals surface area contributed by atoms with Crippen LogP contribution in [0.3, 0.4) is 0 Å². The van der Waals surface area contributed by atoms with E-state index in [2.05, 4.69) is 5.32 Å². The highest BCUT2D eigenvalue weighted by atomic mass is 16.4. The van der Waals surface area contributed by atoms with Gasteiger partial charge in [-0.2, -0.15) is 0 Å². The van der Waals surface area contributed by atoms with E-state index in [1.54, 1.807) is 0 Å². The lowest BCUT2D eigenvalue weighted by Crippen LogP contribution is -2.60. The summed E-state index contributed by atoms with van der Waals surface area (Å²) in [6, 6.07) is 0. The second-order valence-electron chi connectivity index (χ2n) is 5.37. The van der Waals surface area contributed by atoms with Crippen LogP contribution in [-0.4, -0.2) is 22.5 Å². The number of rotatable bonds is 6. The predicted octanol–water partition coefficient (Wildman–Crippen LogP) is 2.18. The fraction of sp³-hybridized carbons (Fsp3) is 0.846. The third-order valence-electron chi connectivity index (χ3n) is 3.72. The normalized spacial score (nSPS) is 19.5. The zero-order valence-corrected chi connectivity index (χ0v) is 11.0. The first-order valence-electron chi connectivity index (χ1n) is 6.48. The Kier molecular flexibility index (Phi) is 4.54. The van der Waals surface area contributed by atoms with Crippen LogP contribution in [0.15, 0.2) is 0 Å². The molecular formula is C13H23NO3. The van der Waals surface area contributed by atoms with Crippen LogP contribution in [0.2, 0.25) is 0 Å². The van der Waals surface area contributed by atoms with Gasteiger partial charge < -0.3 is 10.4 Å². The molecule has 0 spiro atoms. The van der Waals surface area contributed by atoms with Crippen LogP contribution in [0, 0.1) is 11.8 Å². The molecule has 0 heterocycles. The number of carboxylic acids is 1. The number of carbonyl (C=O) groups is 2. The van der Waals surface area contributed by atoms with E-state index < -0.39 is 11.5 Å². The van der Waals surface area contributed by atoms with E-state index >= 15 is 0 Å². The average molecular weight is 241 g/mol. The van der Waals surface area contributed by atoms with E-state index in [-0.39, 0.29) is 17.7 Å². The Morgan fingerprint density at radius 2 is 1.94 bits per heavy atom. The molecule has 1 unspecified atom stereocenters. The van der Waals surface area contributed by atoms with Gasteiger partial charge in [0, 0.05) is 5.92 Å². The summed E-state index contributed by atoms with van der Waals surface area (Å²) in [5.41, 5.74) is -0.974. The highest BCUT2D eigenvalue weighted by Gasteiger charge is 2.46. The topological polar surface area (TPSA) is 66.4 Å². The van der Waals surface area contributed by atoms with E-state index in [9.17, 15) is 9.59 Å². The molecule has 17 heavy (non-hydrogen) atoms. The van der Waals surface area contributed by atoms with E-state index in [1.807, 2.05) is 20.8 Å². The third-order valence-corrected chi connectivity index (χ3v) is 3.72. The molecule has 1 atom stereocenters. The van der Waals surface area contributed by atoms with Crippen LogP contribution in [0.4, 0.5) is 0 Å². The van der Waals surface area contributed by atoms with Crippen LogP contribution in [0.5, 0.6) is 0 Å². The van der Waals surface area contributed by atoms with Gasteiger partial charge in [-0.1, -0.05) is 27.2 Å². The maximum atomic E-state index is 12.1. The SMILES string of the molecule is CCCC(C(=O)NC1(C(=O)O)CCC1)C(C)C. The molecule has 0 aliphatic heterocycles. The van der Waals surface area contributed by atoms with E-state index in [1.165, 1.54) is 0 Å². The molecule has 1 saturated carbocycles. The summed E-state index contributed by atoms with van der Waals surface area (Å²) in [5.74, 6) is -0.808. The minimum atomic E-state index is -0.974. The molecule has 0 aromatic carbocycles. The Balaban J connectivity index is 2.66. The van der Waals surface area contributed by atoms with Crippen molar-refractivity contribution in [2.24, 2.45) is 11.8 Å². The van der Waals surface area contributed by atoms with Gasteiger partial charge in [-0.3, -0.25) is 4.79 Å². The lowest BCUT2D eigenvalue weighted by atomic mass is 9.76. The zero-order valence-electron chi connectivity index (χ0n) is 11.0. The van der Waals surface area contributed by atoms with Crippen molar-refractivity contribution in [1.29, 1.82) is 0 Å². The largest absolute Gasteiger partial charge is 0.480 e. The van der Waals surface area contributed by atoms with Crippen molar-refractivity contribution in [3.05, 3.63) is 0 Å². The minimum absolute atomic E-state index is 0.0724. The summed E-state index contributed by atoms with van der Waals surface area (Å²) in [4.78, 5) is 23.3. The number of carboxylic acid groups (broad SMARTS) is 1. The highest BCUT2D eigenvalue weighted by molar-refractivity contribution is 5.88. The molecule has 4 heteroatoms. The van der Waals surface area contributed by atoms with Crippen molar-refractivity contribution < 1.29 is 14.7 Å². The predicted molar refractivity (Wildman–Crippen MR) is 65.6 cm³/mol. The van der Waals surface area contributed by atoms with Gasteiger partial charge in [0.15, 0.2) is 0 Å². The number of carbonyl (C=O) groups excluding carboxylic acids is 1. The van der Waals surface area contributed by atoms with Gasteiger partial charge in [0.2, 0.25) is 5.91 Å². The molecule has 1 aliphatic rings. The van der Waals surface area contributed by atoms with Gasteiger partial charge in [0.25, 0.3) is 0 Å². The first-order valence-corrected chi connectivity index (χ1v) is 6.48. The van der Waals surface area contributed by atoms with Gasteiger partial charge >= 0.3 is 5.97 Å². The first kappa shape index (κ1) is 14.0. The van der Waals surface area contributed by atoms with Crippen molar-refractivity contribution in [2.75, 3.05) is 0 Å². The summed E-state index contributed by atoms with van der Waals surface area (Å²) < 4.78 is 0. The molecule has 1 fully saturated rings. The van der Waals surface area contributed by atoms with E-state index in [0.717, 1.165) is 19.3 Å². The molecule has 0 saturated heterocycles. The third kappa shape index (κ3) is 2.99. The molecule has 0 aromatic heterocycles. The maximum absolute atomic E-state index is 12.1. The Morgan fingerprint density at radius 3 is 2.24 bits per heavy atom. The van der Waals surface area contributed by atoms with Crippen molar-refractivity contribution in [1.82, 2.24) is 5.32 Å². The Labute approximate surface area is 103 Å². The molecule has 98 valence electrons. The second-order valence-corrected chi connectivity index (χ2v) is 5.37. The molecule has 1 amide bonds. The molecule has 0 radical (unpaired) electrons. The summed E-state index contributed by atoms with van der Waals surface area (Å²) in [7, 11) is 0. The Hall–Kier alpha value is -1.06. The standard InChI is InChI=1S/C13H23NO3/c1-4-6-10(9(2)3)11(15)14-13(12(16)17)7-5-8-13/h9-10H,4-8H2,1-3H3,(H,14,15)(H,16,17). The van der Waals surface area contributed by atoms with E-state index in [4.69, 9.17) is 5.11 Å². The fourth-order valence-corrected chi connectivity index (χ4v) is 2.33. The molecule has 1 aliphatic carbocycles.